The number of nitrogens with zero attached hydrogens (tertiary/aromatic N) is 2. The normalized spacial score (nSPS) is 33.9. The quantitative estimate of drug-likeness (QED) is 0.719. The Hall–Kier alpha value is -1.25. The van der Waals surface area contributed by atoms with Crippen molar-refractivity contribution in [2.45, 2.75) is 18.9 Å². The second-order valence-electron chi connectivity index (χ2n) is 4.36. The molecule has 74 valence electrons. The average molecular weight is 189 g/mol. The first-order valence-corrected chi connectivity index (χ1v) is 5.26. The van der Waals surface area contributed by atoms with E-state index in [0.717, 1.165) is 17.7 Å². The molecule has 3 heteroatoms. The lowest BCUT2D eigenvalue weighted by molar-refractivity contribution is 0.217. The van der Waals surface area contributed by atoms with Gasteiger partial charge in [-0.3, -0.25) is 4.68 Å². The van der Waals surface area contributed by atoms with Crippen LogP contribution in [0.5, 0.6) is 0 Å². The van der Waals surface area contributed by atoms with Crippen molar-refractivity contribution in [3.8, 4) is 0 Å². The van der Waals surface area contributed by atoms with Gasteiger partial charge in [0.25, 0.3) is 0 Å². The first-order valence-electron chi connectivity index (χ1n) is 5.26. The summed E-state index contributed by atoms with van der Waals surface area (Å²) in [6.07, 6.45) is 9.23. The molecule has 3 atom stereocenters. The summed E-state index contributed by atoms with van der Waals surface area (Å²) >= 11 is 0. The number of aromatic nitrogens is 2. The number of rotatable bonds is 2. The number of hydrogen-bond donors (Lipinski definition) is 1. The van der Waals surface area contributed by atoms with Crippen molar-refractivity contribution in [3.05, 3.63) is 24.4 Å². The number of hydrogen-bond acceptors (Lipinski definition) is 2. The van der Waals surface area contributed by atoms with Crippen LogP contribution in [0.25, 0.3) is 0 Å². The van der Waals surface area contributed by atoms with Crippen LogP contribution in [-0.4, -0.2) is 15.8 Å². The fourth-order valence-electron chi connectivity index (χ4n) is 2.57. The van der Waals surface area contributed by atoms with Crippen LogP contribution in [-0.2, 0) is 7.05 Å². The standard InChI is InChI=1S/C11H15N3/c1-14-6-5-11(13-14)12-10-7-8-3-2-4-9(8)10/h2,4-6,8-10H,3,7H2,1H3,(H,12,13). The van der Waals surface area contributed by atoms with Crippen LogP contribution in [0.1, 0.15) is 12.8 Å². The largest absolute Gasteiger partial charge is 0.365 e. The van der Waals surface area contributed by atoms with Gasteiger partial charge in [-0.15, -0.1) is 0 Å². The molecule has 3 rings (SSSR count). The summed E-state index contributed by atoms with van der Waals surface area (Å²) < 4.78 is 1.84. The minimum absolute atomic E-state index is 0.619. The summed E-state index contributed by atoms with van der Waals surface area (Å²) in [4.78, 5) is 0. The van der Waals surface area contributed by atoms with Gasteiger partial charge in [-0.2, -0.15) is 5.10 Å². The second-order valence-corrected chi connectivity index (χ2v) is 4.36. The van der Waals surface area contributed by atoms with E-state index in [2.05, 4.69) is 22.6 Å². The Morgan fingerprint density at radius 2 is 2.50 bits per heavy atom. The second kappa shape index (κ2) is 2.87. The maximum Gasteiger partial charge on any atom is 0.148 e. The lowest BCUT2D eigenvalue weighted by atomic mass is 9.71. The van der Waals surface area contributed by atoms with Crippen molar-refractivity contribution in [3.63, 3.8) is 0 Å². The van der Waals surface area contributed by atoms with E-state index in [0.29, 0.717) is 6.04 Å². The Morgan fingerprint density at radius 3 is 3.21 bits per heavy atom. The molecule has 0 aliphatic heterocycles. The first kappa shape index (κ1) is 8.09. The maximum absolute atomic E-state index is 4.33. The number of nitrogens with one attached hydrogen (secondary N) is 1. The van der Waals surface area contributed by atoms with Gasteiger partial charge >= 0.3 is 0 Å². The van der Waals surface area contributed by atoms with Gasteiger partial charge in [0.15, 0.2) is 0 Å². The van der Waals surface area contributed by atoms with E-state index in [1.54, 1.807) is 0 Å². The van der Waals surface area contributed by atoms with Crippen molar-refractivity contribution in [1.82, 2.24) is 9.78 Å². The highest BCUT2D eigenvalue weighted by molar-refractivity contribution is 5.36. The maximum atomic E-state index is 4.33. The molecule has 1 N–H and O–H groups in total. The van der Waals surface area contributed by atoms with Crippen LogP contribution < -0.4 is 5.32 Å². The molecular weight excluding hydrogens is 174 g/mol. The summed E-state index contributed by atoms with van der Waals surface area (Å²) in [7, 11) is 1.95. The SMILES string of the molecule is Cn1ccc(NC2CC3CC=CC32)n1. The van der Waals surface area contributed by atoms with Gasteiger partial charge in [-0.1, -0.05) is 12.2 Å². The van der Waals surface area contributed by atoms with Gasteiger partial charge < -0.3 is 5.32 Å². The molecule has 0 spiro atoms. The van der Waals surface area contributed by atoms with E-state index in [9.17, 15) is 0 Å². The number of allylic oxidation sites excluding steroid dienone is 1. The smallest absolute Gasteiger partial charge is 0.148 e. The van der Waals surface area contributed by atoms with Crippen LogP contribution in [0.3, 0.4) is 0 Å². The lowest BCUT2D eigenvalue weighted by Gasteiger charge is -2.40. The highest BCUT2D eigenvalue weighted by atomic mass is 15.3. The summed E-state index contributed by atoms with van der Waals surface area (Å²) in [6, 6.07) is 2.65. The molecule has 3 unspecified atom stereocenters. The van der Waals surface area contributed by atoms with Crippen molar-refractivity contribution >= 4 is 5.82 Å². The number of fused-ring (bicyclic) bond motifs is 1. The third-order valence-corrected chi connectivity index (χ3v) is 3.41. The molecule has 1 aromatic rings. The van der Waals surface area contributed by atoms with Crippen LogP contribution in [0.4, 0.5) is 5.82 Å². The predicted octanol–water partition coefficient (Wildman–Crippen LogP) is 1.80. The predicted molar refractivity (Wildman–Crippen MR) is 56.0 cm³/mol. The fraction of sp³-hybridized carbons (Fsp3) is 0.545. The topological polar surface area (TPSA) is 29.9 Å². The van der Waals surface area contributed by atoms with Crippen molar-refractivity contribution < 1.29 is 0 Å². The molecule has 1 fully saturated rings. The molecule has 14 heavy (non-hydrogen) atoms. The van der Waals surface area contributed by atoms with Crippen molar-refractivity contribution in [1.29, 1.82) is 0 Å². The highest BCUT2D eigenvalue weighted by Crippen LogP contribution is 2.43. The minimum Gasteiger partial charge on any atom is -0.365 e. The third-order valence-electron chi connectivity index (χ3n) is 3.41. The molecule has 1 aromatic heterocycles. The molecule has 0 saturated heterocycles. The van der Waals surface area contributed by atoms with Crippen molar-refractivity contribution in [2.24, 2.45) is 18.9 Å². The Balaban J connectivity index is 1.66. The zero-order chi connectivity index (χ0) is 9.54. The van der Waals surface area contributed by atoms with E-state index in [4.69, 9.17) is 0 Å². The molecule has 0 radical (unpaired) electrons. The Morgan fingerprint density at radius 1 is 1.57 bits per heavy atom. The summed E-state index contributed by atoms with van der Waals surface area (Å²) in [6.45, 7) is 0. The minimum atomic E-state index is 0.619. The van der Waals surface area contributed by atoms with Gasteiger partial charge in [-0.25, -0.2) is 0 Å². The van der Waals surface area contributed by atoms with Crippen LogP contribution in [0, 0.1) is 11.8 Å². The fourth-order valence-corrected chi connectivity index (χ4v) is 2.57. The Labute approximate surface area is 83.8 Å². The highest BCUT2D eigenvalue weighted by Gasteiger charge is 2.41. The molecule has 2 aliphatic carbocycles. The molecule has 0 bridgehead atoms. The van der Waals surface area contributed by atoms with Crippen LogP contribution in [0.2, 0.25) is 0 Å². The number of aryl methyl sites for hydroxylation is 1. The summed E-state index contributed by atoms with van der Waals surface area (Å²) in [5.41, 5.74) is 0. The Kier molecular flexibility index (Phi) is 1.66. The molecule has 1 saturated carbocycles. The third kappa shape index (κ3) is 1.15. The van der Waals surface area contributed by atoms with E-state index in [1.807, 2.05) is 24.0 Å². The van der Waals surface area contributed by atoms with Crippen LogP contribution >= 0.6 is 0 Å². The zero-order valence-corrected chi connectivity index (χ0v) is 8.35. The molecule has 1 heterocycles. The number of anilines is 1. The first-order chi connectivity index (χ1) is 6.83. The van der Waals surface area contributed by atoms with E-state index >= 15 is 0 Å². The van der Waals surface area contributed by atoms with Gasteiger partial charge in [-0.05, 0) is 18.8 Å². The zero-order valence-electron chi connectivity index (χ0n) is 8.35. The van der Waals surface area contributed by atoms with E-state index in [-0.39, 0.29) is 0 Å². The van der Waals surface area contributed by atoms with E-state index < -0.39 is 0 Å². The van der Waals surface area contributed by atoms with Gasteiger partial charge in [0.05, 0.1) is 0 Å². The molecule has 0 amide bonds. The monoisotopic (exact) mass is 189 g/mol. The van der Waals surface area contributed by atoms with Gasteiger partial charge in [0.2, 0.25) is 0 Å². The lowest BCUT2D eigenvalue weighted by Crippen LogP contribution is -2.43. The Bertz CT molecular complexity index is 366. The summed E-state index contributed by atoms with van der Waals surface area (Å²) in [5, 5.41) is 7.82. The van der Waals surface area contributed by atoms with Gasteiger partial charge in [0.1, 0.15) is 5.82 Å². The molecule has 0 aromatic carbocycles. The van der Waals surface area contributed by atoms with Crippen LogP contribution in [0.15, 0.2) is 24.4 Å². The molecule has 3 nitrogen and oxygen atoms in total. The van der Waals surface area contributed by atoms with E-state index in [1.165, 1.54) is 12.8 Å². The average Bonchev–Trinajstić information content (AvgIpc) is 2.68. The van der Waals surface area contributed by atoms with Crippen molar-refractivity contribution in [2.75, 3.05) is 5.32 Å². The molecule has 2 aliphatic rings. The van der Waals surface area contributed by atoms with Gasteiger partial charge in [0, 0.05) is 31.3 Å². The molecular formula is C11H15N3. The summed E-state index contributed by atoms with van der Waals surface area (Å²) in [5.74, 6) is 2.68.